The van der Waals surface area contributed by atoms with Crippen molar-refractivity contribution in [3.8, 4) is 0 Å². The SMILES string of the molecule is CNC(=O)Cn1c(=O)n(C2CCN(C3CCCc4c(C)cc(C)cc43)CC2)c2ccccc21. The highest BCUT2D eigenvalue weighted by molar-refractivity contribution is 5.80. The molecule has 1 aliphatic carbocycles. The van der Waals surface area contributed by atoms with Crippen LogP contribution in [0.25, 0.3) is 11.0 Å². The van der Waals surface area contributed by atoms with Crippen molar-refractivity contribution in [2.45, 2.75) is 64.6 Å². The molecule has 0 radical (unpaired) electrons. The summed E-state index contributed by atoms with van der Waals surface area (Å²) in [6.45, 7) is 6.49. The molecule has 33 heavy (non-hydrogen) atoms. The highest BCUT2D eigenvalue weighted by Crippen LogP contribution is 2.39. The molecule has 1 atom stereocenters. The van der Waals surface area contributed by atoms with E-state index in [9.17, 15) is 9.59 Å². The monoisotopic (exact) mass is 446 g/mol. The molecule has 1 saturated heterocycles. The summed E-state index contributed by atoms with van der Waals surface area (Å²) in [5.74, 6) is -0.156. The molecule has 6 nitrogen and oxygen atoms in total. The highest BCUT2D eigenvalue weighted by Gasteiger charge is 2.32. The van der Waals surface area contributed by atoms with Crippen LogP contribution >= 0.6 is 0 Å². The second kappa shape index (κ2) is 8.82. The van der Waals surface area contributed by atoms with Crippen LogP contribution in [0.1, 0.15) is 60.0 Å². The molecular formula is C27H34N4O2. The van der Waals surface area contributed by atoms with Crippen LogP contribution in [-0.2, 0) is 17.8 Å². The summed E-state index contributed by atoms with van der Waals surface area (Å²) in [6, 6.07) is 13.2. The number of likely N-dealkylation sites (N-methyl/N-ethyl adjacent to an activating group) is 1. The highest BCUT2D eigenvalue weighted by atomic mass is 16.2. The van der Waals surface area contributed by atoms with Gasteiger partial charge in [-0.25, -0.2) is 4.79 Å². The third-order valence-electron chi connectivity index (χ3n) is 7.67. The number of piperidine rings is 1. The van der Waals surface area contributed by atoms with Crippen molar-refractivity contribution in [1.82, 2.24) is 19.4 Å². The lowest BCUT2D eigenvalue weighted by Gasteiger charge is -2.41. The summed E-state index contributed by atoms with van der Waals surface area (Å²) in [5, 5.41) is 2.64. The number of benzene rings is 2. The first-order valence-corrected chi connectivity index (χ1v) is 12.2. The van der Waals surface area contributed by atoms with Gasteiger partial charge in [0.05, 0.1) is 11.0 Å². The van der Waals surface area contributed by atoms with Gasteiger partial charge in [-0.05, 0) is 74.8 Å². The summed E-state index contributed by atoms with van der Waals surface area (Å²) in [4.78, 5) is 28.1. The molecule has 1 aromatic heterocycles. The molecule has 0 bridgehead atoms. The fourth-order valence-electron chi connectivity index (χ4n) is 6.09. The van der Waals surface area contributed by atoms with E-state index in [-0.39, 0.29) is 24.2 Å². The van der Waals surface area contributed by atoms with Gasteiger partial charge in [0.25, 0.3) is 0 Å². The smallest absolute Gasteiger partial charge is 0.329 e. The number of nitrogens with zero attached hydrogens (tertiary/aromatic N) is 3. The summed E-state index contributed by atoms with van der Waals surface area (Å²) in [7, 11) is 1.61. The topological polar surface area (TPSA) is 59.3 Å². The molecule has 1 amide bonds. The number of carbonyl (C=O) groups excluding carboxylic acids is 1. The zero-order valence-corrected chi connectivity index (χ0v) is 19.9. The van der Waals surface area contributed by atoms with E-state index in [2.05, 4.69) is 36.2 Å². The molecule has 1 N–H and O–H groups in total. The molecule has 6 heteroatoms. The number of nitrogens with one attached hydrogen (secondary N) is 1. The molecule has 2 aliphatic rings. The molecule has 174 valence electrons. The van der Waals surface area contributed by atoms with Crippen LogP contribution in [0.2, 0.25) is 0 Å². The molecule has 2 aromatic carbocycles. The van der Waals surface area contributed by atoms with E-state index < -0.39 is 0 Å². The first-order valence-electron chi connectivity index (χ1n) is 12.2. The van der Waals surface area contributed by atoms with Gasteiger partial charge < -0.3 is 5.32 Å². The van der Waals surface area contributed by atoms with Crippen LogP contribution in [0.15, 0.2) is 41.2 Å². The maximum atomic E-state index is 13.4. The Hall–Kier alpha value is -2.86. The Morgan fingerprint density at radius 3 is 2.52 bits per heavy atom. The van der Waals surface area contributed by atoms with E-state index in [1.165, 1.54) is 36.0 Å². The minimum Gasteiger partial charge on any atom is -0.358 e. The number of para-hydroxylation sites is 2. The Morgan fingerprint density at radius 1 is 1.06 bits per heavy atom. The van der Waals surface area contributed by atoms with Gasteiger partial charge >= 0.3 is 5.69 Å². The molecule has 2 heterocycles. The van der Waals surface area contributed by atoms with Gasteiger partial charge in [0.2, 0.25) is 5.91 Å². The lowest BCUT2D eigenvalue weighted by molar-refractivity contribution is -0.121. The van der Waals surface area contributed by atoms with Crippen molar-refractivity contribution >= 4 is 16.9 Å². The molecule has 1 unspecified atom stereocenters. The van der Waals surface area contributed by atoms with Gasteiger partial charge in [0.15, 0.2) is 0 Å². The van der Waals surface area contributed by atoms with Gasteiger partial charge in [0, 0.05) is 32.2 Å². The average Bonchev–Trinajstić information content (AvgIpc) is 3.10. The van der Waals surface area contributed by atoms with E-state index in [1.54, 1.807) is 17.2 Å². The van der Waals surface area contributed by atoms with Crippen LogP contribution in [-0.4, -0.2) is 40.1 Å². The number of fused-ring (bicyclic) bond motifs is 2. The van der Waals surface area contributed by atoms with Crippen LogP contribution in [0.5, 0.6) is 0 Å². The number of carbonyl (C=O) groups is 1. The second-order valence-corrected chi connectivity index (χ2v) is 9.73. The minimum atomic E-state index is -0.156. The minimum absolute atomic E-state index is 0.0548. The number of aryl methyl sites for hydroxylation is 2. The van der Waals surface area contributed by atoms with E-state index in [4.69, 9.17) is 0 Å². The summed E-state index contributed by atoms with van der Waals surface area (Å²) < 4.78 is 3.56. The van der Waals surface area contributed by atoms with E-state index in [0.717, 1.165) is 37.0 Å². The quantitative estimate of drug-likeness (QED) is 0.662. The maximum absolute atomic E-state index is 13.4. The zero-order valence-electron chi connectivity index (χ0n) is 19.9. The number of likely N-dealkylation sites (tertiary alicyclic amines) is 1. The van der Waals surface area contributed by atoms with Gasteiger partial charge in [-0.1, -0.05) is 29.8 Å². The molecule has 0 spiro atoms. The predicted molar refractivity (Wildman–Crippen MR) is 132 cm³/mol. The number of aromatic nitrogens is 2. The second-order valence-electron chi connectivity index (χ2n) is 9.73. The van der Waals surface area contributed by atoms with Crippen LogP contribution in [0, 0.1) is 13.8 Å². The largest absolute Gasteiger partial charge is 0.358 e. The molecule has 0 saturated carbocycles. The normalized spacial score (nSPS) is 19.5. The van der Waals surface area contributed by atoms with E-state index >= 15 is 0 Å². The van der Waals surface area contributed by atoms with Crippen molar-refractivity contribution in [2.75, 3.05) is 20.1 Å². The molecular weight excluding hydrogens is 412 g/mol. The number of hydrogen-bond acceptors (Lipinski definition) is 3. The van der Waals surface area contributed by atoms with Crippen molar-refractivity contribution in [3.63, 3.8) is 0 Å². The first-order chi connectivity index (χ1) is 16.0. The van der Waals surface area contributed by atoms with Crippen LogP contribution < -0.4 is 11.0 Å². The average molecular weight is 447 g/mol. The van der Waals surface area contributed by atoms with Crippen molar-refractivity contribution < 1.29 is 4.79 Å². The van der Waals surface area contributed by atoms with Crippen LogP contribution in [0.3, 0.4) is 0 Å². The fourth-order valence-corrected chi connectivity index (χ4v) is 6.09. The molecule has 1 fully saturated rings. The standard InChI is InChI=1S/C27H34N4O2/c1-18-15-19(2)21-7-6-10-23(22(21)16-18)29-13-11-20(12-14-29)31-25-9-5-4-8-24(25)30(27(31)33)17-26(32)28-3/h4-5,8-9,15-16,20,23H,6-7,10-14,17H2,1-3H3,(H,28,32). The third-order valence-corrected chi connectivity index (χ3v) is 7.67. The summed E-state index contributed by atoms with van der Waals surface area (Å²) in [6.07, 6.45) is 5.55. The Morgan fingerprint density at radius 2 is 1.79 bits per heavy atom. The van der Waals surface area contributed by atoms with Gasteiger partial charge in [-0.15, -0.1) is 0 Å². The fraction of sp³-hybridized carbons (Fsp3) is 0.481. The first kappa shape index (κ1) is 22.0. The maximum Gasteiger partial charge on any atom is 0.329 e. The van der Waals surface area contributed by atoms with Crippen LogP contribution in [0.4, 0.5) is 0 Å². The number of hydrogen-bond donors (Lipinski definition) is 1. The van der Waals surface area contributed by atoms with Crippen molar-refractivity contribution in [1.29, 1.82) is 0 Å². The zero-order chi connectivity index (χ0) is 23.1. The van der Waals surface area contributed by atoms with E-state index in [0.29, 0.717) is 6.04 Å². The Bertz CT molecular complexity index is 1250. The summed E-state index contributed by atoms with van der Waals surface area (Å²) >= 11 is 0. The molecule has 1 aliphatic heterocycles. The van der Waals surface area contributed by atoms with Gasteiger partial charge in [-0.2, -0.15) is 0 Å². The predicted octanol–water partition coefficient (Wildman–Crippen LogP) is 3.88. The van der Waals surface area contributed by atoms with Gasteiger partial charge in [-0.3, -0.25) is 18.8 Å². The number of rotatable bonds is 4. The Balaban J connectivity index is 1.41. The molecule has 3 aromatic rings. The lowest BCUT2D eigenvalue weighted by atomic mass is 9.82. The van der Waals surface area contributed by atoms with Crippen molar-refractivity contribution in [3.05, 3.63) is 69.1 Å². The molecule has 5 rings (SSSR count). The summed E-state index contributed by atoms with van der Waals surface area (Å²) in [5.41, 5.74) is 7.54. The lowest BCUT2D eigenvalue weighted by Crippen LogP contribution is -2.41. The Labute approximate surface area is 195 Å². The van der Waals surface area contributed by atoms with E-state index in [1.807, 2.05) is 28.8 Å². The van der Waals surface area contributed by atoms with Crippen molar-refractivity contribution in [2.24, 2.45) is 0 Å². The number of imidazole rings is 1. The van der Waals surface area contributed by atoms with Gasteiger partial charge in [0.1, 0.15) is 6.54 Å². The number of amides is 1. The Kier molecular flexibility index (Phi) is 5.87. The third kappa shape index (κ3) is 3.90.